The minimum Gasteiger partial charge on any atom is -0.391 e. The fourth-order valence-corrected chi connectivity index (χ4v) is 1.97. The van der Waals surface area contributed by atoms with Crippen molar-refractivity contribution < 1.29 is 5.11 Å². The summed E-state index contributed by atoms with van der Waals surface area (Å²) in [5.41, 5.74) is 1.65. The number of halogens is 1. The summed E-state index contributed by atoms with van der Waals surface area (Å²) < 4.78 is 4.51. The Morgan fingerprint density at radius 3 is 2.80 bits per heavy atom. The Morgan fingerprint density at radius 2 is 2.27 bits per heavy atom. The van der Waals surface area contributed by atoms with E-state index in [9.17, 15) is 5.11 Å². The van der Waals surface area contributed by atoms with E-state index in [1.807, 2.05) is 20.2 Å². The molecule has 2 rings (SSSR count). The molecule has 0 saturated heterocycles. The summed E-state index contributed by atoms with van der Waals surface area (Å²) in [6, 6.07) is 0. The molecule has 2 heterocycles. The minimum atomic E-state index is -0.0224. The molecule has 6 heteroatoms. The van der Waals surface area contributed by atoms with Gasteiger partial charge in [-0.2, -0.15) is 10.2 Å². The van der Waals surface area contributed by atoms with Gasteiger partial charge in [0.15, 0.2) is 5.82 Å². The standard InChI is InChI=1S/C9H11IN4O/c1-6-8(5-15)9(13(2)12-6)14-4-7(10)3-11-14/h3-4,15H,5H2,1-2H3. The summed E-state index contributed by atoms with van der Waals surface area (Å²) >= 11 is 2.19. The van der Waals surface area contributed by atoms with E-state index in [2.05, 4.69) is 32.8 Å². The van der Waals surface area contributed by atoms with Crippen molar-refractivity contribution in [2.24, 2.45) is 7.05 Å². The molecule has 5 nitrogen and oxygen atoms in total. The zero-order valence-corrected chi connectivity index (χ0v) is 10.6. The first kappa shape index (κ1) is 10.6. The van der Waals surface area contributed by atoms with Crippen molar-refractivity contribution in [2.75, 3.05) is 0 Å². The van der Waals surface area contributed by atoms with Crippen molar-refractivity contribution in [3.05, 3.63) is 27.2 Å². The Kier molecular flexibility index (Phi) is 2.79. The number of rotatable bonds is 2. The van der Waals surface area contributed by atoms with Crippen LogP contribution in [0.1, 0.15) is 11.3 Å². The number of aryl methyl sites for hydroxylation is 2. The van der Waals surface area contributed by atoms with E-state index in [1.54, 1.807) is 15.6 Å². The first-order valence-corrected chi connectivity index (χ1v) is 5.55. The molecule has 0 saturated carbocycles. The Morgan fingerprint density at radius 1 is 1.53 bits per heavy atom. The van der Waals surface area contributed by atoms with Crippen molar-refractivity contribution >= 4 is 22.6 Å². The molecule has 80 valence electrons. The van der Waals surface area contributed by atoms with E-state index in [1.165, 1.54) is 0 Å². The maximum atomic E-state index is 9.28. The van der Waals surface area contributed by atoms with Crippen LogP contribution in [0, 0.1) is 10.5 Å². The molecule has 0 aliphatic rings. The second-order valence-corrected chi connectivity index (χ2v) is 4.52. The molecule has 0 atom stereocenters. The van der Waals surface area contributed by atoms with E-state index in [0.29, 0.717) is 0 Å². The van der Waals surface area contributed by atoms with Crippen LogP contribution >= 0.6 is 22.6 Å². The molecule has 0 unspecified atom stereocenters. The predicted octanol–water partition coefficient (Wildman–Crippen LogP) is 1.01. The fourth-order valence-electron chi connectivity index (χ4n) is 1.58. The van der Waals surface area contributed by atoms with Gasteiger partial charge in [0.1, 0.15) is 0 Å². The lowest BCUT2D eigenvalue weighted by Gasteiger charge is -2.03. The molecule has 0 radical (unpaired) electrons. The van der Waals surface area contributed by atoms with Gasteiger partial charge in [0.25, 0.3) is 0 Å². The molecule has 0 spiro atoms. The van der Waals surface area contributed by atoms with Crippen LogP contribution < -0.4 is 0 Å². The number of aliphatic hydroxyl groups excluding tert-OH is 1. The van der Waals surface area contributed by atoms with E-state index >= 15 is 0 Å². The second-order valence-electron chi connectivity index (χ2n) is 3.27. The lowest BCUT2D eigenvalue weighted by atomic mass is 10.2. The van der Waals surface area contributed by atoms with Gasteiger partial charge in [0.05, 0.1) is 22.1 Å². The van der Waals surface area contributed by atoms with Crippen LogP contribution in [-0.4, -0.2) is 24.7 Å². The van der Waals surface area contributed by atoms with Crippen LogP contribution in [0.25, 0.3) is 5.82 Å². The maximum absolute atomic E-state index is 9.28. The molecular formula is C9H11IN4O. The van der Waals surface area contributed by atoms with Crippen molar-refractivity contribution in [2.45, 2.75) is 13.5 Å². The smallest absolute Gasteiger partial charge is 0.157 e. The Balaban J connectivity index is 2.61. The summed E-state index contributed by atoms with van der Waals surface area (Å²) in [5, 5.41) is 17.8. The van der Waals surface area contributed by atoms with Crippen LogP contribution in [-0.2, 0) is 13.7 Å². The molecule has 2 aromatic rings. The highest BCUT2D eigenvalue weighted by molar-refractivity contribution is 14.1. The molecule has 0 fully saturated rings. The van der Waals surface area contributed by atoms with Gasteiger partial charge >= 0.3 is 0 Å². The molecule has 1 N–H and O–H groups in total. The highest BCUT2D eigenvalue weighted by atomic mass is 127. The molecule has 2 aromatic heterocycles. The normalized spacial score (nSPS) is 10.9. The first-order valence-electron chi connectivity index (χ1n) is 4.47. The number of nitrogens with zero attached hydrogens (tertiary/aromatic N) is 4. The number of aliphatic hydroxyl groups is 1. The third-order valence-electron chi connectivity index (χ3n) is 2.24. The highest BCUT2D eigenvalue weighted by Crippen LogP contribution is 2.17. The summed E-state index contributed by atoms with van der Waals surface area (Å²) in [6.45, 7) is 1.86. The predicted molar refractivity (Wildman–Crippen MR) is 63.7 cm³/mol. The van der Waals surface area contributed by atoms with Gasteiger partial charge in [-0.05, 0) is 29.5 Å². The summed E-state index contributed by atoms with van der Waals surface area (Å²) in [5.74, 6) is 0.818. The lowest BCUT2D eigenvalue weighted by molar-refractivity contribution is 0.280. The molecule has 0 aliphatic carbocycles. The van der Waals surface area contributed by atoms with Crippen molar-refractivity contribution in [3.8, 4) is 5.82 Å². The van der Waals surface area contributed by atoms with Gasteiger partial charge < -0.3 is 5.11 Å². The van der Waals surface area contributed by atoms with E-state index in [0.717, 1.165) is 20.6 Å². The van der Waals surface area contributed by atoms with E-state index < -0.39 is 0 Å². The van der Waals surface area contributed by atoms with Crippen LogP contribution in [0.15, 0.2) is 12.4 Å². The third-order valence-corrected chi connectivity index (χ3v) is 2.80. The van der Waals surface area contributed by atoms with Crippen LogP contribution in [0.2, 0.25) is 0 Å². The molecule has 0 aliphatic heterocycles. The van der Waals surface area contributed by atoms with Crippen LogP contribution in [0.3, 0.4) is 0 Å². The van der Waals surface area contributed by atoms with Crippen molar-refractivity contribution in [3.63, 3.8) is 0 Å². The average Bonchev–Trinajstić information content (AvgIpc) is 2.70. The zero-order valence-electron chi connectivity index (χ0n) is 8.48. The van der Waals surface area contributed by atoms with Gasteiger partial charge in [-0.25, -0.2) is 4.68 Å². The number of aromatic nitrogens is 4. The summed E-state index contributed by atoms with van der Waals surface area (Å²) in [6.07, 6.45) is 3.67. The number of hydrogen-bond donors (Lipinski definition) is 1. The van der Waals surface area contributed by atoms with Gasteiger partial charge in [0, 0.05) is 18.8 Å². The highest BCUT2D eigenvalue weighted by Gasteiger charge is 2.14. The fraction of sp³-hybridized carbons (Fsp3) is 0.333. The summed E-state index contributed by atoms with van der Waals surface area (Å²) in [7, 11) is 1.84. The molecule has 0 bridgehead atoms. The zero-order chi connectivity index (χ0) is 11.0. The Bertz CT molecular complexity index is 488. The van der Waals surface area contributed by atoms with Crippen molar-refractivity contribution in [1.82, 2.24) is 19.6 Å². The minimum absolute atomic E-state index is 0.0224. The van der Waals surface area contributed by atoms with Crippen molar-refractivity contribution in [1.29, 1.82) is 0 Å². The maximum Gasteiger partial charge on any atom is 0.157 e. The quantitative estimate of drug-likeness (QED) is 0.841. The van der Waals surface area contributed by atoms with E-state index in [4.69, 9.17) is 0 Å². The third kappa shape index (κ3) is 1.78. The monoisotopic (exact) mass is 318 g/mol. The molecule has 15 heavy (non-hydrogen) atoms. The Hall–Kier alpha value is -0.890. The SMILES string of the molecule is Cc1nn(C)c(-n2cc(I)cn2)c1CO. The lowest BCUT2D eigenvalue weighted by Crippen LogP contribution is -2.05. The average molecular weight is 318 g/mol. The van der Waals surface area contributed by atoms with E-state index in [-0.39, 0.29) is 6.61 Å². The largest absolute Gasteiger partial charge is 0.391 e. The van der Waals surface area contributed by atoms with Crippen LogP contribution in [0.5, 0.6) is 0 Å². The Labute approximate surface area is 101 Å². The molecule has 0 aromatic carbocycles. The number of hydrogen-bond acceptors (Lipinski definition) is 3. The molecule has 0 amide bonds. The molecular weight excluding hydrogens is 307 g/mol. The van der Waals surface area contributed by atoms with Gasteiger partial charge in [-0.15, -0.1) is 0 Å². The van der Waals surface area contributed by atoms with Crippen LogP contribution in [0.4, 0.5) is 0 Å². The van der Waals surface area contributed by atoms with Gasteiger partial charge in [-0.3, -0.25) is 4.68 Å². The summed E-state index contributed by atoms with van der Waals surface area (Å²) in [4.78, 5) is 0. The first-order chi connectivity index (χ1) is 7.13. The topological polar surface area (TPSA) is 55.9 Å². The second kappa shape index (κ2) is 3.93. The van der Waals surface area contributed by atoms with Gasteiger partial charge in [-0.1, -0.05) is 0 Å². The van der Waals surface area contributed by atoms with Gasteiger partial charge in [0.2, 0.25) is 0 Å².